The van der Waals surface area contributed by atoms with Gasteiger partial charge in [0.1, 0.15) is 10.7 Å². The van der Waals surface area contributed by atoms with Crippen molar-refractivity contribution in [1.82, 2.24) is 19.1 Å². The van der Waals surface area contributed by atoms with Crippen molar-refractivity contribution < 1.29 is 26.4 Å². The number of morpholine rings is 1. The molecule has 4 heterocycles. The van der Waals surface area contributed by atoms with Gasteiger partial charge in [0, 0.05) is 64.8 Å². The van der Waals surface area contributed by atoms with E-state index in [1.165, 1.54) is 22.8 Å². The summed E-state index contributed by atoms with van der Waals surface area (Å²) in [5.41, 5.74) is 0. The van der Waals surface area contributed by atoms with E-state index in [-0.39, 0.29) is 16.8 Å². The average Bonchev–Trinajstić information content (AvgIpc) is 3.35. The fraction of sp³-hybridized carbons (Fsp3) is 0.714. The number of piperazine rings is 1. The zero-order valence-corrected chi connectivity index (χ0v) is 21.3. The molecule has 0 N–H and O–H groups in total. The predicted molar refractivity (Wildman–Crippen MR) is 127 cm³/mol. The van der Waals surface area contributed by atoms with E-state index >= 15 is 0 Å². The van der Waals surface area contributed by atoms with Gasteiger partial charge in [0.15, 0.2) is 9.84 Å². The van der Waals surface area contributed by atoms with Gasteiger partial charge in [-0.1, -0.05) is 0 Å². The van der Waals surface area contributed by atoms with E-state index in [2.05, 4.69) is 4.98 Å². The van der Waals surface area contributed by atoms with E-state index in [1.54, 1.807) is 6.07 Å². The smallest absolute Gasteiger partial charge is 0.244 e. The Bertz CT molecular complexity index is 1080. The molecule has 0 saturated carbocycles. The van der Waals surface area contributed by atoms with Crippen molar-refractivity contribution in [2.75, 3.05) is 76.7 Å². The van der Waals surface area contributed by atoms with Crippen molar-refractivity contribution in [3.8, 4) is 0 Å². The van der Waals surface area contributed by atoms with Crippen LogP contribution in [0.25, 0.3) is 0 Å². The van der Waals surface area contributed by atoms with E-state index < -0.39 is 25.1 Å². The number of carbonyl (C=O) groups excluding carboxylic acids is 1. The lowest BCUT2D eigenvalue weighted by Crippen LogP contribution is -2.56. The van der Waals surface area contributed by atoms with Crippen LogP contribution >= 0.6 is 0 Å². The molecule has 1 aromatic heterocycles. The summed E-state index contributed by atoms with van der Waals surface area (Å²) in [6.45, 7) is 6.63. The number of ether oxygens (including phenoxy) is 1. The van der Waals surface area contributed by atoms with Crippen molar-refractivity contribution in [1.29, 1.82) is 0 Å². The molecule has 11 nitrogen and oxygen atoms in total. The van der Waals surface area contributed by atoms with Gasteiger partial charge in [0.2, 0.25) is 15.9 Å². The third kappa shape index (κ3) is 5.38. The Labute approximate surface area is 201 Å². The molecule has 13 heteroatoms. The number of sulfonamides is 1. The minimum Gasteiger partial charge on any atom is -0.378 e. The molecule has 1 amide bonds. The fourth-order valence-electron chi connectivity index (χ4n) is 4.68. The lowest BCUT2D eigenvalue weighted by atomic mass is 10.2. The van der Waals surface area contributed by atoms with Gasteiger partial charge in [0.05, 0.1) is 24.5 Å². The van der Waals surface area contributed by atoms with Gasteiger partial charge in [-0.3, -0.25) is 9.69 Å². The SMILES string of the molecule is CC(C(=O)N1CCOCC1)N1CCN(S(=O)(=O)c2ccc(N3CC[C@H](S(C)(=O)=O)C3)nc2)CC1. The minimum absolute atomic E-state index is 0.0550. The van der Waals surface area contributed by atoms with Crippen LogP contribution in [0, 0.1) is 0 Å². The van der Waals surface area contributed by atoms with E-state index in [0.717, 1.165) is 0 Å². The Morgan fingerprint density at radius 3 is 2.26 bits per heavy atom. The third-order valence-electron chi connectivity index (χ3n) is 6.93. The Kier molecular flexibility index (Phi) is 7.48. The van der Waals surface area contributed by atoms with Crippen molar-refractivity contribution in [3.63, 3.8) is 0 Å². The van der Waals surface area contributed by atoms with Crippen LogP contribution in [-0.4, -0.2) is 125 Å². The molecule has 1 aromatic rings. The molecule has 3 fully saturated rings. The Morgan fingerprint density at radius 1 is 1.03 bits per heavy atom. The van der Waals surface area contributed by atoms with E-state index in [0.29, 0.717) is 77.8 Å². The topological polar surface area (TPSA) is 120 Å². The number of hydrogen-bond acceptors (Lipinski definition) is 9. The molecule has 2 atom stereocenters. The van der Waals surface area contributed by atoms with E-state index in [9.17, 15) is 21.6 Å². The van der Waals surface area contributed by atoms with Gasteiger partial charge in [-0.2, -0.15) is 4.31 Å². The summed E-state index contributed by atoms with van der Waals surface area (Å²) >= 11 is 0. The summed E-state index contributed by atoms with van der Waals surface area (Å²) in [7, 11) is -6.83. The van der Waals surface area contributed by atoms with Crippen LogP contribution in [0.4, 0.5) is 5.82 Å². The highest BCUT2D eigenvalue weighted by Crippen LogP contribution is 2.24. The maximum Gasteiger partial charge on any atom is 0.244 e. The maximum atomic E-state index is 13.1. The molecule has 1 unspecified atom stereocenters. The fourth-order valence-corrected chi connectivity index (χ4v) is 7.03. The number of amides is 1. The Hall–Kier alpha value is -1.80. The first kappa shape index (κ1) is 25.3. The molecule has 3 saturated heterocycles. The van der Waals surface area contributed by atoms with Crippen LogP contribution in [0.5, 0.6) is 0 Å². The van der Waals surface area contributed by atoms with Crippen molar-refractivity contribution in [2.45, 2.75) is 29.5 Å². The van der Waals surface area contributed by atoms with Gasteiger partial charge >= 0.3 is 0 Å². The quantitative estimate of drug-likeness (QED) is 0.482. The molecule has 0 aliphatic carbocycles. The second-order valence-electron chi connectivity index (χ2n) is 9.09. The highest BCUT2D eigenvalue weighted by molar-refractivity contribution is 7.91. The summed E-state index contributed by atoms with van der Waals surface area (Å²) in [5.74, 6) is 0.629. The van der Waals surface area contributed by atoms with Crippen LogP contribution in [0.3, 0.4) is 0 Å². The molecule has 0 spiro atoms. The number of sulfone groups is 1. The van der Waals surface area contributed by atoms with Crippen LogP contribution in [0.1, 0.15) is 13.3 Å². The molecular formula is C21H33N5O6S2. The normalized spacial score (nSPS) is 24.4. The Morgan fingerprint density at radius 2 is 1.71 bits per heavy atom. The monoisotopic (exact) mass is 515 g/mol. The highest BCUT2D eigenvalue weighted by atomic mass is 32.2. The zero-order chi connectivity index (χ0) is 24.5. The number of anilines is 1. The molecule has 0 aromatic carbocycles. The second kappa shape index (κ2) is 10.1. The number of carbonyl (C=O) groups is 1. The maximum absolute atomic E-state index is 13.1. The van der Waals surface area contributed by atoms with Gasteiger partial charge < -0.3 is 14.5 Å². The van der Waals surface area contributed by atoms with Crippen molar-refractivity contribution in [3.05, 3.63) is 18.3 Å². The number of pyridine rings is 1. The standard InChI is InChI=1S/C21H33N5O6S2/c1-17(21(27)24-11-13-32-14-12-24)23-7-9-26(10-8-23)34(30,31)18-3-4-20(22-15-18)25-6-5-19(16-25)33(2,28)29/h3-4,15,17,19H,5-14,16H2,1-2H3/t17?,19-/m0/s1. The number of hydrogen-bond donors (Lipinski definition) is 0. The minimum atomic E-state index is -3.71. The summed E-state index contributed by atoms with van der Waals surface area (Å²) in [6, 6.07) is 2.86. The Balaban J connectivity index is 1.34. The van der Waals surface area contributed by atoms with Crippen LogP contribution in [0.15, 0.2) is 23.2 Å². The van der Waals surface area contributed by atoms with Gasteiger partial charge in [-0.25, -0.2) is 21.8 Å². The lowest BCUT2D eigenvalue weighted by molar-refractivity contribution is -0.140. The number of aromatic nitrogens is 1. The molecule has 3 aliphatic heterocycles. The third-order valence-corrected chi connectivity index (χ3v) is 10.4. The average molecular weight is 516 g/mol. The molecule has 34 heavy (non-hydrogen) atoms. The van der Waals surface area contributed by atoms with Crippen LogP contribution in [-0.2, 0) is 29.4 Å². The van der Waals surface area contributed by atoms with E-state index in [4.69, 9.17) is 4.74 Å². The first-order chi connectivity index (χ1) is 16.1. The molecule has 3 aliphatic rings. The summed E-state index contributed by atoms with van der Waals surface area (Å²) < 4.78 is 56.6. The summed E-state index contributed by atoms with van der Waals surface area (Å²) in [4.78, 5) is 22.9. The van der Waals surface area contributed by atoms with Crippen LogP contribution < -0.4 is 4.90 Å². The number of nitrogens with zero attached hydrogens (tertiary/aromatic N) is 5. The second-order valence-corrected chi connectivity index (χ2v) is 13.4. The lowest BCUT2D eigenvalue weighted by Gasteiger charge is -2.39. The van der Waals surface area contributed by atoms with Gasteiger partial charge in [-0.05, 0) is 25.5 Å². The molecule has 0 radical (unpaired) electrons. The summed E-state index contributed by atoms with van der Waals surface area (Å²) in [6.07, 6.45) is 3.12. The summed E-state index contributed by atoms with van der Waals surface area (Å²) in [5, 5.41) is -0.425. The van der Waals surface area contributed by atoms with E-state index in [1.807, 2.05) is 21.6 Å². The molecule has 4 rings (SSSR count). The number of rotatable bonds is 6. The predicted octanol–water partition coefficient (Wildman–Crippen LogP) is -0.741. The zero-order valence-electron chi connectivity index (χ0n) is 19.7. The first-order valence-electron chi connectivity index (χ1n) is 11.6. The molecule has 0 bridgehead atoms. The largest absolute Gasteiger partial charge is 0.378 e. The van der Waals surface area contributed by atoms with Gasteiger partial charge in [0.25, 0.3) is 0 Å². The van der Waals surface area contributed by atoms with Crippen LogP contribution in [0.2, 0.25) is 0 Å². The van der Waals surface area contributed by atoms with Gasteiger partial charge in [-0.15, -0.1) is 0 Å². The first-order valence-corrected chi connectivity index (χ1v) is 15.0. The van der Waals surface area contributed by atoms with Crippen molar-refractivity contribution in [2.24, 2.45) is 0 Å². The van der Waals surface area contributed by atoms with Crippen molar-refractivity contribution >= 4 is 31.6 Å². The molecular weight excluding hydrogens is 482 g/mol. The highest BCUT2D eigenvalue weighted by Gasteiger charge is 2.34. The molecule has 190 valence electrons.